The molecule has 1 aromatic rings. The van der Waals surface area contributed by atoms with Crippen LogP contribution < -0.4 is 5.32 Å². The second-order valence-corrected chi connectivity index (χ2v) is 7.15. The molecule has 1 unspecified atom stereocenters. The predicted octanol–water partition coefficient (Wildman–Crippen LogP) is 1.43. The first-order valence-corrected chi connectivity index (χ1v) is 8.40. The fourth-order valence-electron chi connectivity index (χ4n) is 2.63. The lowest BCUT2D eigenvalue weighted by atomic mass is 9.98. The third-order valence-corrected chi connectivity index (χ3v) is 3.79. The lowest BCUT2D eigenvalue weighted by Gasteiger charge is -2.34. The lowest BCUT2D eigenvalue weighted by Crippen LogP contribution is -2.45. The van der Waals surface area contributed by atoms with E-state index in [2.05, 4.69) is 15.4 Å². The molecule has 0 saturated carbocycles. The molecule has 1 aliphatic rings. The number of likely N-dealkylation sites (tertiary alicyclic amines) is 1. The number of hydrogen-bond donors (Lipinski definition) is 1. The van der Waals surface area contributed by atoms with Gasteiger partial charge in [0.1, 0.15) is 18.3 Å². The summed E-state index contributed by atoms with van der Waals surface area (Å²) >= 11 is 0. The van der Waals surface area contributed by atoms with Crippen LogP contribution in [0, 0.1) is 5.92 Å². The van der Waals surface area contributed by atoms with Crippen LogP contribution in [0.3, 0.4) is 0 Å². The third-order valence-electron chi connectivity index (χ3n) is 3.79. The van der Waals surface area contributed by atoms with E-state index in [1.807, 2.05) is 20.8 Å². The number of aryl methyl sites for hydroxylation is 1. The number of nitrogens with zero attached hydrogens (tertiary/aromatic N) is 4. The standard InChI is InChI=1S/C16H27N5O3/c1-16(2,3)24-15(23)20-7-4-5-13(10-20)9-18-14(22)6-8-21-12-17-11-19-21/h11-13H,4-10H2,1-3H3,(H,18,22). The Hall–Kier alpha value is -2.12. The molecule has 24 heavy (non-hydrogen) atoms. The molecule has 2 amide bonds. The molecule has 0 radical (unpaired) electrons. The Kier molecular flexibility index (Phi) is 6.16. The Morgan fingerprint density at radius 1 is 1.38 bits per heavy atom. The maximum absolute atomic E-state index is 12.1. The van der Waals surface area contributed by atoms with E-state index >= 15 is 0 Å². The molecule has 8 nitrogen and oxygen atoms in total. The van der Waals surface area contributed by atoms with Gasteiger partial charge in [-0.3, -0.25) is 9.48 Å². The Balaban J connectivity index is 1.70. The van der Waals surface area contributed by atoms with Crippen LogP contribution in [0.5, 0.6) is 0 Å². The quantitative estimate of drug-likeness (QED) is 0.878. The molecule has 1 fully saturated rings. The summed E-state index contributed by atoms with van der Waals surface area (Å²) in [4.78, 5) is 29.6. The van der Waals surface area contributed by atoms with E-state index in [1.54, 1.807) is 15.9 Å². The van der Waals surface area contributed by atoms with Crippen LogP contribution in [-0.2, 0) is 16.1 Å². The van der Waals surface area contributed by atoms with Crippen molar-refractivity contribution in [2.75, 3.05) is 19.6 Å². The van der Waals surface area contributed by atoms with Crippen LogP contribution in [-0.4, -0.2) is 56.9 Å². The molecule has 0 spiro atoms. The molecular formula is C16H27N5O3. The summed E-state index contributed by atoms with van der Waals surface area (Å²) in [6.45, 7) is 8.02. The molecule has 0 aliphatic carbocycles. The number of carbonyl (C=O) groups is 2. The number of ether oxygens (including phenoxy) is 1. The van der Waals surface area contributed by atoms with Crippen molar-refractivity contribution >= 4 is 12.0 Å². The fourth-order valence-corrected chi connectivity index (χ4v) is 2.63. The van der Waals surface area contributed by atoms with Crippen molar-refractivity contribution in [1.29, 1.82) is 0 Å². The van der Waals surface area contributed by atoms with Crippen LogP contribution >= 0.6 is 0 Å². The van der Waals surface area contributed by atoms with Crippen molar-refractivity contribution < 1.29 is 14.3 Å². The summed E-state index contributed by atoms with van der Waals surface area (Å²) in [6, 6.07) is 0. The van der Waals surface area contributed by atoms with Gasteiger partial charge in [0.15, 0.2) is 0 Å². The maximum Gasteiger partial charge on any atom is 0.410 e. The van der Waals surface area contributed by atoms with Crippen molar-refractivity contribution in [3.63, 3.8) is 0 Å². The molecule has 1 atom stereocenters. The average molecular weight is 337 g/mol. The van der Waals surface area contributed by atoms with Gasteiger partial charge >= 0.3 is 6.09 Å². The molecule has 2 rings (SSSR count). The van der Waals surface area contributed by atoms with Crippen LogP contribution in [0.2, 0.25) is 0 Å². The van der Waals surface area contributed by atoms with Gasteiger partial charge in [0.2, 0.25) is 5.91 Å². The van der Waals surface area contributed by atoms with Gasteiger partial charge in [-0.2, -0.15) is 5.10 Å². The Morgan fingerprint density at radius 3 is 2.83 bits per heavy atom. The van der Waals surface area contributed by atoms with E-state index in [0.717, 1.165) is 12.8 Å². The highest BCUT2D eigenvalue weighted by atomic mass is 16.6. The van der Waals surface area contributed by atoms with Crippen LogP contribution in [0.4, 0.5) is 4.79 Å². The minimum atomic E-state index is -0.487. The molecule has 2 heterocycles. The number of nitrogens with one attached hydrogen (secondary N) is 1. The number of rotatable bonds is 5. The number of amides is 2. The molecule has 0 aromatic carbocycles. The minimum Gasteiger partial charge on any atom is -0.444 e. The van der Waals surface area contributed by atoms with E-state index in [-0.39, 0.29) is 17.9 Å². The van der Waals surface area contributed by atoms with Crippen LogP contribution in [0.15, 0.2) is 12.7 Å². The Labute approximate surface area is 142 Å². The van der Waals surface area contributed by atoms with Crippen LogP contribution in [0.1, 0.15) is 40.0 Å². The molecule has 0 bridgehead atoms. The summed E-state index contributed by atoms with van der Waals surface area (Å²) in [5.41, 5.74) is -0.487. The average Bonchev–Trinajstić information content (AvgIpc) is 3.03. The first-order valence-electron chi connectivity index (χ1n) is 8.40. The van der Waals surface area contributed by atoms with Gasteiger partial charge in [-0.25, -0.2) is 9.78 Å². The third kappa shape index (κ3) is 6.17. The smallest absolute Gasteiger partial charge is 0.410 e. The predicted molar refractivity (Wildman–Crippen MR) is 88.2 cm³/mol. The van der Waals surface area contributed by atoms with E-state index in [9.17, 15) is 9.59 Å². The zero-order chi connectivity index (χ0) is 17.6. The SMILES string of the molecule is CC(C)(C)OC(=O)N1CCCC(CNC(=O)CCn2cncn2)C1. The summed E-state index contributed by atoms with van der Waals surface area (Å²) in [5, 5.41) is 6.91. The van der Waals surface area contributed by atoms with Gasteiger partial charge in [0.05, 0.1) is 6.54 Å². The molecule has 1 saturated heterocycles. The number of carbonyl (C=O) groups excluding carboxylic acids is 2. The number of hydrogen-bond acceptors (Lipinski definition) is 5. The summed E-state index contributed by atoms with van der Waals surface area (Å²) in [7, 11) is 0. The number of aromatic nitrogens is 3. The van der Waals surface area contributed by atoms with Crippen molar-refractivity contribution in [2.45, 2.75) is 52.2 Å². The molecular weight excluding hydrogens is 310 g/mol. The van der Waals surface area contributed by atoms with E-state index in [1.165, 1.54) is 6.33 Å². The highest BCUT2D eigenvalue weighted by Crippen LogP contribution is 2.18. The molecule has 134 valence electrons. The zero-order valence-electron chi connectivity index (χ0n) is 14.7. The fraction of sp³-hybridized carbons (Fsp3) is 0.750. The van der Waals surface area contributed by atoms with Gasteiger partial charge in [-0.15, -0.1) is 0 Å². The number of piperidine rings is 1. The van der Waals surface area contributed by atoms with Gasteiger partial charge in [-0.05, 0) is 39.5 Å². The van der Waals surface area contributed by atoms with Gasteiger partial charge in [0, 0.05) is 26.1 Å². The lowest BCUT2D eigenvalue weighted by molar-refractivity contribution is -0.121. The highest BCUT2D eigenvalue weighted by molar-refractivity contribution is 5.75. The van der Waals surface area contributed by atoms with Gasteiger partial charge in [-0.1, -0.05) is 0 Å². The molecule has 1 aliphatic heterocycles. The topological polar surface area (TPSA) is 89.4 Å². The Bertz CT molecular complexity index is 538. The monoisotopic (exact) mass is 337 g/mol. The van der Waals surface area contributed by atoms with E-state index in [0.29, 0.717) is 32.6 Å². The van der Waals surface area contributed by atoms with Crippen LogP contribution in [0.25, 0.3) is 0 Å². The molecule has 1 aromatic heterocycles. The van der Waals surface area contributed by atoms with Crippen molar-refractivity contribution in [1.82, 2.24) is 25.0 Å². The largest absolute Gasteiger partial charge is 0.444 e. The molecule has 8 heteroatoms. The highest BCUT2D eigenvalue weighted by Gasteiger charge is 2.27. The first kappa shape index (κ1) is 18.2. The first-order chi connectivity index (χ1) is 11.3. The van der Waals surface area contributed by atoms with E-state index < -0.39 is 5.60 Å². The van der Waals surface area contributed by atoms with Gasteiger partial charge in [0.25, 0.3) is 0 Å². The minimum absolute atomic E-state index is 0.0140. The van der Waals surface area contributed by atoms with Crippen molar-refractivity contribution in [3.8, 4) is 0 Å². The van der Waals surface area contributed by atoms with Gasteiger partial charge < -0.3 is 15.0 Å². The van der Waals surface area contributed by atoms with Crippen molar-refractivity contribution in [3.05, 3.63) is 12.7 Å². The van der Waals surface area contributed by atoms with Crippen molar-refractivity contribution in [2.24, 2.45) is 5.92 Å². The second kappa shape index (κ2) is 8.12. The Morgan fingerprint density at radius 2 is 2.17 bits per heavy atom. The second-order valence-electron chi connectivity index (χ2n) is 7.15. The summed E-state index contributed by atoms with van der Waals surface area (Å²) in [5.74, 6) is 0.251. The molecule has 1 N–H and O–H groups in total. The zero-order valence-corrected chi connectivity index (χ0v) is 14.7. The normalized spacial score (nSPS) is 18.3. The summed E-state index contributed by atoms with van der Waals surface area (Å²) in [6.07, 6.45) is 5.07. The summed E-state index contributed by atoms with van der Waals surface area (Å²) < 4.78 is 7.04. The maximum atomic E-state index is 12.1. The van der Waals surface area contributed by atoms with E-state index in [4.69, 9.17) is 4.74 Å².